The molecule has 0 spiro atoms. The minimum Gasteiger partial charge on any atom is -0.478 e. The molecule has 19 heavy (non-hydrogen) atoms. The Balaban J connectivity index is 2.51. The molecule has 1 aliphatic heterocycles. The highest BCUT2D eigenvalue weighted by Crippen LogP contribution is 2.35. The lowest BCUT2D eigenvalue weighted by molar-refractivity contribution is -0.137. The second-order valence-electron chi connectivity index (χ2n) is 4.72. The van der Waals surface area contributed by atoms with Crippen LogP contribution < -0.4 is 4.90 Å². The Morgan fingerprint density at radius 3 is 2.58 bits per heavy atom. The number of hydrogen-bond acceptors (Lipinski definition) is 2. The zero-order chi connectivity index (χ0) is 14.2. The number of benzene rings is 1. The van der Waals surface area contributed by atoms with Gasteiger partial charge in [0.2, 0.25) is 0 Å². The van der Waals surface area contributed by atoms with Gasteiger partial charge >= 0.3 is 12.1 Å². The van der Waals surface area contributed by atoms with Gasteiger partial charge in [0, 0.05) is 12.6 Å². The Hall–Kier alpha value is -1.72. The fourth-order valence-corrected chi connectivity index (χ4v) is 2.42. The molecule has 2 rings (SSSR count). The summed E-state index contributed by atoms with van der Waals surface area (Å²) in [5.74, 6) is -1.21. The van der Waals surface area contributed by atoms with Crippen molar-refractivity contribution in [2.24, 2.45) is 0 Å². The van der Waals surface area contributed by atoms with Crippen LogP contribution in [-0.2, 0) is 6.18 Å². The minimum absolute atomic E-state index is 0.0570. The first kappa shape index (κ1) is 13.7. The third-order valence-corrected chi connectivity index (χ3v) is 3.42. The van der Waals surface area contributed by atoms with Crippen LogP contribution in [0.5, 0.6) is 0 Å². The number of carboxylic acid groups (broad SMARTS) is 1. The van der Waals surface area contributed by atoms with Gasteiger partial charge in [-0.25, -0.2) is 4.79 Å². The predicted molar refractivity (Wildman–Crippen MR) is 64.4 cm³/mol. The van der Waals surface area contributed by atoms with Crippen molar-refractivity contribution in [2.75, 3.05) is 11.4 Å². The Morgan fingerprint density at radius 2 is 2.11 bits per heavy atom. The van der Waals surface area contributed by atoms with Gasteiger partial charge < -0.3 is 10.0 Å². The van der Waals surface area contributed by atoms with Crippen LogP contribution in [0, 0.1) is 0 Å². The molecule has 1 atom stereocenters. The first-order valence-corrected chi connectivity index (χ1v) is 6.02. The normalized spacial score (nSPS) is 19.8. The average molecular weight is 273 g/mol. The van der Waals surface area contributed by atoms with Gasteiger partial charge in [-0.3, -0.25) is 0 Å². The van der Waals surface area contributed by atoms with E-state index in [1.807, 2.05) is 6.92 Å². The number of hydrogen-bond donors (Lipinski definition) is 1. The second-order valence-corrected chi connectivity index (χ2v) is 4.72. The average Bonchev–Trinajstić information content (AvgIpc) is 2.73. The number of alkyl halides is 3. The molecule has 1 fully saturated rings. The van der Waals surface area contributed by atoms with Gasteiger partial charge in [0.25, 0.3) is 0 Å². The number of anilines is 1. The predicted octanol–water partition coefficient (Wildman–Crippen LogP) is 3.39. The molecule has 104 valence electrons. The largest absolute Gasteiger partial charge is 0.478 e. The van der Waals surface area contributed by atoms with Crippen LogP contribution in [0.15, 0.2) is 18.2 Å². The lowest BCUT2D eigenvalue weighted by atomic mass is 10.1. The Morgan fingerprint density at radius 1 is 1.42 bits per heavy atom. The molecule has 1 aromatic carbocycles. The summed E-state index contributed by atoms with van der Waals surface area (Å²) in [6, 6.07) is 2.84. The molecule has 1 aliphatic rings. The summed E-state index contributed by atoms with van der Waals surface area (Å²) in [6.45, 7) is 2.47. The maximum absolute atomic E-state index is 12.7. The van der Waals surface area contributed by atoms with E-state index in [9.17, 15) is 18.0 Å². The van der Waals surface area contributed by atoms with Crippen molar-refractivity contribution in [1.82, 2.24) is 0 Å². The van der Waals surface area contributed by atoms with Crippen LogP contribution >= 0.6 is 0 Å². The van der Waals surface area contributed by atoms with Crippen molar-refractivity contribution in [3.8, 4) is 0 Å². The molecule has 0 aromatic heterocycles. The van der Waals surface area contributed by atoms with E-state index in [0.29, 0.717) is 6.54 Å². The van der Waals surface area contributed by atoms with Gasteiger partial charge in [-0.05, 0) is 38.0 Å². The van der Waals surface area contributed by atoms with Crippen LogP contribution in [0.2, 0.25) is 0 Å². The van der Waals surface area contributed by atoms with Gasteiger partial charge in [-0.2, -0.15) is 13.2 Å². The van der Waals surface area contributed by atoms with Crippen molar-refractivity contribution in [1.29, 1.82) is 0 Å². The van der Waals surface area contributed by atoms with E-state index in [1.54, 1.807) is 4.90 Å². The Kier molecular flexibility index (Phi) is 3.43. The van der Waals surface area contributed by atoms with E-state index in [4.69, 9.17) is 5.11 Å². The summed E-state index contributed by atoms with van der Waals surface area (Å²) in [4.78, 5) is 12.9. The molecule has 1 saturated heterocycles. The van der Waals surface area contributed by atoms with Crippen LogP contribution in [0.25, 0.3) is 0 Å². The monoisotopic (exact) mass is 273 g/mol. The van der Waals surface area contributed by atoms with Crippen molar-refractivity contribution < 1.29 is 23.1 Å². The van der Waals surface area contributed by atoms with Crippen molar-refractivity contribution >= 4 is 11.7 Å². The highest BCUT2D eigenvalue weighted by atomic mass is 19.4. The molecular weight excluding hydrogens is 259 g/mol. The van der Waals surface area contributed by atoms with Crippen LogP contribution in [0.3, 0.4) is 0 Å². The van der Waals surface area contributed by atoms with Crippen molar-refractivity contribution in [2.45, 2.75) is 32.0 Å². The van der Waals surface area contributed by atoms with Crippen LogP contribution in [0.4, 0.5) is 18.9 Å². The second kappa shape index (κ2) is 4.75. The standard InChI is InChI=1S/C13H14F3NO2/c1-8-3-2-6-17(8)11-7-9(13(14,15)16)4-5-10(11)12(18)19/h4-5,7-8H,2-3,6H2,1H3,(H,18,19). The molecule has 1 N–H and O–H groups in total. The number of carboxylic acids is 1. The summed E-state index contributed by atoms with van der Waals surface area (Å²) in [6.07, 6.45) is -2.75. The summed E-state index contributed by atoms with van der Waals surface area (Å²) >= 11 is 0. The molecule has 3 nitrogen and oxygen atoms in total. The summed E-state index contributed by atoms with van der Waals surface area (Å²) in [5, 5.41) is 9.10. The molecular formula is C13H14F3NO2. The Bertz CT molecular complexity index is 499. The third kappa shape index (κ3) is 2.67. The van der Waals surface area contributed by atoms with E-state index < -0.39 is 17.7 Å². The molecule has 0 amide bonds. The number of aromatic carboxylic acids is 1. The van der Waals surface area contributed by atoms with Gasteiger partial charge in [0.1, 0.15) is 0 Å². The number of nitrogens with zero attached hydrogens (tertiary/aromatic N) is 1. The van der Waals surface area contributed by atoms with Crippen LogP contribution in [0.1, 0.15) is 35.7 Å². The van der Waals surface area contributed by atoms with E-state index in [-0.39, 0.29) is 17.3 Å². The summed E-state index contributed by atoms with van der Waals surface area (Å²) in [7, 11) is 0. The van der Waals surface area contributed by atoms with Gasteiger partial charge in [0.15, 0.2) is 0 Å². The van der Waals surface area contributed by atoms with E-state index in [0.717, 1.165) is 31.0 Å². The quantitative estimate of drug-likeness (QED) is 0.897. The third-order valence-electron chi connectivity index (χ3n) is 3.42. The fourth-order valence-electron chi connectivity index (χ4n) is 2.42. The molecule has 6 heteroatoms. The van der Waals surface area contributed by atoms with Crippen LogP contribution in [-0.4, -0.2) is 23.7 Å². The van der Waals surface area contributed by atoms with Crippen molar-refractivity contribution in [3.05, 3.63) is 29.3 Å². The lowest BCUT2D eigenvalue weighted by Gasteiger charge is -2.26. The smallest absolute Gasteiger partial charge is 0.416 e. The molecule has 1 heterocycles. The molecule has 0 radical (unpaired) electrons. The van der Waals surface area contributed by atoms with E-state index in [1.165, 1.54) is 0 Å². The fraction of sp³-hybridized carbons (Fsp3) is 0.462. The topological polar surface area (TPSA) is 40.5 Å². The first-order valence-electron chi connectivity index (χ1n) is 6.02. The number of rotatable bonds is 2. The van der Waals surface area contributed by atoms with Gasteiger partial charge in [0.05, 0.1) is 16.8 Å². The molecule has 1 aromatic rings. The highest BCUT2D eigenvalue weighted by molar-refractivity contribution is 5.94. The summed E-state index contributed by atoms with van der Waals surface area (Å²) < 4.78 is 38.2. The minimum atomic E-state index is -4.46. The number of carbonyl (C=O) groups is 1. The van der Waals surface area contributed by atoms with E-state index in [2.05, 4.69) is 0 Å². The molecule has 0 bridgehead atoms. The number of halogens is 3. The summed E-state index contributed by atoms with van der Waals surface area (Å²) in [5.41, 5.74) is -0.735. The Labute approximate surface area is 108 Å². The maximum atomic E-state index is 12.7. The molecule has 1 unspecified atom stereocenters. The maximum Gasteiger partial charge on any atom is 0.416 e. The van der Waals surface area contributed by atoms with E-state index >= 15 is 0 Å². The van der Waals surface area contributed by atoms with Crippen molar-refractivity contribution in [3.63, 3.8) is 0 Å². The zero-order valence-electron chi connectivity index (χ0n) is 10.4. The SMILES string of the molecule is CC1CCCN1c1cc(C(F)(F)F)ccc1C(=O)O. The molecule has 0 aliphatic carbocycles. The van der Waals surface area contributed by atoms with Gasteiger partial charge in [-0.15, -0.1) is 0 Å². The first-order chi connectivity index (χ1) is 8.80. The van der Waals surface area contributed by atoms with Gasteiger partial charge in [-0.1, -0.05) is 0 Å². The zero-order valence-corrected chi connectivity index (χ0v) is 10.4. The molecule has 0 saturated carbocycles. The lowest BCUT2D eigenvalue weighted by Crippen LogP contribution is -2.28. The highest BCUT2D eigenvalue weighted by Gasteiger charge is 2.33.